The minimum atomic E-state index is 0.0953. The second-order valence-electron chi connectivity index (χ2n) is 9.43. The van der Waals surface area contributed by atoms with Crippen molar-refractivity contribution in [3.8, 4) is 11.1 Å². The number of nitrogens with zero attached hydrogens (tertiary/aromatic N) is 6. The van der Waals surface area contributed by atoms with Gasteiger partial charge < -0.3 is 15.4 Å². The van der Waals surface area contributed by atoms with E-state index in [1.807, 2.05) is 30.3 Å². The SMILES string of the molecule is Cc1nc(N2CCC3(CC2)CO[C@@H](C)[C@H]3N)n2ccnc2c1-c1ccc2c(cnn2C)c1. The molecule has 2 atom stereocenters. The van der Waals surface area contributed by atoms with Crippen molar-refractivity contribution in [2.45, 2.75) is 38.8 Å². The van der Waals surface area contributed by atoms with Gasteiger partial charge in [0.05, 0.1) is 30.1 Å². The standard InChI is InChI=1S/C24H29N7O/c1-15-20(17-4-5-19-18(12-17)13-27-29(19)3)22-26-8-11-31(22)23(28-15)30-9-6-24(7-10-30)14-32-16(2)21(24)25/h4-5,8,11-13,16,21H,6-7,9-10,14,25H2,1-3H3/t16-,21+/m0/s1. The highest BCUT2D eigenvalue weighted by Gasteiger charge is 2.47. The molecule has 0 bridgehead atoms. The first-order chi connectivity index (χ1) is 15.5. The van der Waals surface area contributed by atoms with E-state index < -0.39 is 0 Å². The molecule has 2 aliphatic heterocycles. The number of nitrogens with two attached hydrogens (primary N) is 1. The summed E-state index contributed by atoms with van der Waals surface area (Å²) < 4.78 is 9.91. The third kappa shape index (κ3) is 2.79. The van der Waals surface area contributed by atoms with Crippen LogP contribution in [0.25, 0.3) is 27.7 Å². The highest BCUT2D eigenvalue weighted by atomic mass is 16.5. The number of ether oxygens (including phenoxy) is 1. The van der Waals surface area contributed by atoms with Crippen LogP contribution in [0.15, 0.2) is 36.8 Å². The maximum absolute atomic E-state index is 6.52. The fraction of sp³-hybridized carbons (Fsp3) is 0.458. The summed E-state index contributed by atoms with van der Waals surface area (Å²) in [4.78, 5) is 12.2. The van der Waals surface area contributed by atoms with Gasteiger partial charge in [-0.1, -0.05) is 6.07 Å². The van der Waals surface area contributed by atoms with Crippen molar-refractivity contribution in [3.05, 3.63) is 42.5 Å². The van der Waals surface area contributed by atoms with Crippen LogP contribution in [-0.4, -0.2) is 56.0 Å². The summed E-state index contributed by atoms with van der Waals surface area (Å²) in [5.41, 5.74) is 11.8. The zero-order valence-corrected chi connectivity index (χ0v) is 18.8. The van der Waals surface area contributed by atoms with E-state index in [0.29, 0.717) is 0 Å². The molecule has 4 aromatic rings. The molecule has 0 saturated carbocycles. The van der Waals surface area contributed by atoms with Gasteiger partial charge in [0.25, 0.3) is 0 Å². The maximum Gasteiger partial charge on any atom is 0.211 e. The van der Waals surface area contributed by atoms with E-state index in [2.05, 4.69) is 46.4 Å². The lowest BCUT2D eigenvalue weighted by molar-refractivity contribution is 0.0973. The number of aromatic nitrogens is 5. The number of fused-ring (bicyclic) bond motifs is 2. The first kappa shape index (κ1) is 19.7. The first-order valence-electron chi connectivity index (χ1n) is 11.3. The summed E-state index contributed by atoms with van der Waals surface area (Å²) in [5, 5.41) is 5.49. The Morgan fingerprint density at radius 3 is 2.78 bits per heavy atom. The quantitative estimate of drug-likeness (QED) is 0.525. The fourth-order valence-corrected chi connectivity index (χ4v) is 5.58. The van der Waals surface area contributed by atoms with E-state index in [9.17, 15) is 0 Å². The third-order valence-electron chi connectivity index (χ3n) is 7.63. The lowest BCUT2D eigenvalue weighted by Crippen LogP contribution is -2.51. The fourth-order valence-electron chi connectivity index (χ4n) is 5.58. The summed E-state index contributed by atoms with van der Waals surface area (Å²) in [6.07, 6.45) is 7.96. The topological polar surface area (TPSA) is 86.5 Å². The number of hydrogen-bond acceptors (Lipinski definition) is 6. The molecular formula is C24H29N7O. The normalized spacial score (nSPS) is 23.1. The van der Waals surface area contributed by atoms with Gasteiger partial charge in [-0.25, -0.2) is 9.97 Å². The minimum Gasteiger partial charge on any atom is -0.376 e. The third-order valence-corrected chi connectivity index (χ3v) is 7.63. The van der Waals surface area contributed by atoms with E-state index >= 15 is 0 Å². The Balaban J connectivity index is 1.37. The Morgan fingerprint density at radius 1 is 1.22 bits per heavy atom. The number of aryl methyl sites for hydroxylation is 2. The molecule has 32 heavy (non-hydrogen) atoms. The summed E-state index contributed by atoms with van der Waals surface area (Å²) in [6.45, 7) is 6.78. The Labute approximate surface area is 187 Å². The van der Waals surface area contributed by atoms with E-state index in [-0.39, 0.29) is 17.6 Å². The Kier molecular flexibility index (Phi) is 4.32. The van der Waals surface area contributed by atoms with Crippen molar-refractivity contribution in [1.29, 1.82) is 0 Å². The number of imidazole rings is 1. The molecule has 0 aliphatic carbocycles. The van der Waals surface area contributed by atoms with Gasteiger partial charge in [0.2, 0.25) is 5.95 Å². The largest absolute Gasteiger partial charge is 0.376 e. The molecule has 8 heteroatoms. The van der Waals surface area contributed by atoms with Crippen LogP contribution in [0, 0.1) is 12.3 Å². The molecule has 1 spiro atoms. The lowest BCUT2D eigenvalue weighted by Gasteiger charge is -2.41. The average Bonchev–Trinajstić information content (AvgIpc) is 3.49. The summed E-state index contributed by atoms with van der Waals surface area (Å²) in [6, 6.07) is 6.53. The van der Waals surface area contributed by atoms with Gasteiger partial charge in [-0.2, -0.15) is 5.10 Å². The number of rotatable bonds is 2. The van der Waals surface area contributed by atoms with Gasteiger partial charge >= 0.3 is 0 Å². The van der Waals surface area contributed by atoms with E-state index in [4.69, 9.17) is 20.4 Å². The molecule has 0 unspecified atom stereocenters. The molecule has 2 saturated heterocycles. The van der Waals surface area contributed by atoms with E-state index in [0.717, 1.165) is 71.9 Å². The van der Waals surface area contributed by atoms with Crippen molar-refractivity contribution >= 4 is 22.5 Å². The molecule has 0 amide bonds. The van der Waals surface area contributed by atoms with Crippen molar-refractivity contribution in [3.63, 3.8) is 0 Å². The van der Waals surface area contributed by atoms with Crippen LogP contribution in [0.4, 0.5) is 5.95 Å². The molecular weight excluding hydrogens is 402 g/mol. The Hall–Kier alpha value is -2.97. The van der Waals surface area contributed by atoms with Crippen molar-refractivity contribution in [2.75, 3.05) is 24.6 Å². The van der Waals surface area contributed by atoms with Crippen LogP contribution in [-0.2, 0) is 11.8 Å². The van der Waals surface area contributed by atoms with Gasteiger partial charge in [-0.3, -0.25) is 9.08 Å². The van der Waals surface area contributed by atoms with Crippen molar-refractivity contribution in [2.24, 2.45) is 18.2 Å². The molecule has 2 aliphatic rings. The van der Waals surface area contributed by atoms with Gasteiger partial charge in [-0.05, 0) is 44.4 Å². The average molecular weight is 432 g/mol. The maximum atomic E-state index is 6.52. The molecule has 166 valence electrons. The Bertz CT molecular complexity index is 1310. The van der Waals surface area contributed by atoms with E-state index in [1.54, 1.807) is 0 Å². The second kappa shape index (κ2) is 7.02. The first-order valence-corrected chi connectivity index (χ1v) is 11.3. The van der Waals surface area contributed by atoms with Gasteiger partial charge in [0.1, 0.15) is 5.65 Å². The van der Waals surface area contributed by atoms with Crippen LogP contribution in [0.5, 0.6) is 0 Å². The highest BCUT2D eigenvalue weighted by Crippen LogP contribution is 2.42. The molecule has 5 heterocycles. The van der Waals surface area contributed by atoms with Gasteiger partial charge in [0, 0.05) is 54.9 Å². The van der Waals surface area contributed by atoms with Crippen LogP contribution >= 0.6 is 0 Å². The molecule has 8 nitrogen and oxygen atoms in total. The molecule has 3 aromatic heterocycles. The van der Waals surface area contributed by atoms with Crippen LogP contribution < -0.4 is 10.6 Å². The predicted octanol–water partition coefficient (Wildman–Crippen LogP) is 2.92. The zero-order valence-electron chi connectivity index (χ0n) is 18.8. The van der Waals surface area contributed by atoms with Crippen LogP contribution in [0.3, 0.4) is 0 Å². The number of anilines is 1. The van der Waals surface area contributed by atoms with Crippen LogP contribution in [0.1, 0.15) is 25.5 Å². The summed E-state index contributed by atoms with van der Waals surface area (Å²) in [7, 11) is 1.96. The van der Waals surface area contributed by atoms with Crippen molar-refractivity contribution in [1.82, 2.24) is 24.1 Å². The molecule has 1 aromatic carbocycles. The second-order valence-corrected chi connectivity index (χ2v) is 9.43. The van der Waals surface area contributed by atoms with E-state index in [1.165, 1.54) is 0 Å². The molecule has 0 radical (unpaired) electrons. The smallest absolute Gasteiger partial charge is 0.211 e. The zero-order chi connectivity index (χ0) is 22.0. The molecule has 2 fully saturated rings. The van der Waals surface area contributed by atoms with Gasteiger partial charge in [-0.15, -0.1) is 0 Å². The number of piperidine rings is 1. The monoisotopic (exact) mass is 431 g/mol. The summed E-state index contributed by atoms with van der Waals surface area (Å²) >= 11 is 0. The van der Waals surface area contributed by atoms with Crippen LogP contribution in [0.2, 0.25) is 0 Å². The number of benzene rings is 1. The van der Waals surface area contributed by atoms with Gasteiger partial charge in [0.15, 0.2) is 0 Å². The predicted molar refractivity (Wildman–Crippen MR) is 125 cm³/mol. The highest BCUT2D eigenvalue weighted by molar-refractivity contribution is 5.89. The number of hydrogen-bond donors (Lipinski definition) is 1. The minimum absolute atomic E-state index is 0.0953. The van der Waals surface area contributed by atoms with Crippen molar-refractivity contribution < 1.29 is 4.74 Å². The Morgan fingerprint density at radius 2 is 2.03 bits per heavy atom. The molecule has 2 N–H and O–H groups in total. The summed E-state index contributed by atoms with van der Waals surface area (Å²) in [5.74, 6) is 0.955. The lowest BCUT2D eigenvalue weighted by atomic mass is 9.73. The molecule has 6 rings (SSSR count).